The standard InChI is InChI=1S/C10H18N2O/c1-9(13)10-4-7-12(8-10)6-3-2-5-11/h9-10,13H,2-4,6-8H2,1H3. The van der Waals surface area contributed by atoms with Gasteiger partial charge in [-0.05, 0) is 38.8 Å². The zero-order valence-electron chi connectivity index (χ0n) is 8.24. The van der Waals surface area contributed by atoms with E-state index < -0.39 is 0 Å². The molecular weight excluding hydrogens is 164 g/mol. The number of hydrogen-bond acceptors (Lipinski definition) is 3. The van der Waals surface area contributed by atoms with E-state index in [9.17, 15) is 5.11 Å². The summed E-state index contributed by atoms with van der Waals surface area (Å²) in [4.78, 5) is 2.34. The van der Waals surface area contributed by atoms with Gasteiger partial charge in [0.2, 0.25) is 0 Å². The Morgan fingerprint density at radius 2 is 2.46 bits per heavy atom. The van der Waals surface area contributed by atoms with Gasteiger partial charge in [-0.1, -0.05) is 0 Å². The Balaban J connectivity index is 2.15. The van der Waals surface area contributed by atoms with Gasteiger partial charge in [-0.25, -0.2) is 0 Å². The van der Waals surface area contributed by atoms with Crippen LogP contribution in [0.25, 0.3) is 0 Å². The van der Waals surface area contributed by atoms with Crippen LogP contribution in [0.4, 0.5) is 0 Å². The Kier molecular flexibility index (Phi) is 4.20. The van der Waals surface area contributed by atoms with Crippen molar-refractivity contribution in [3.8, 4) is 6.07 Å². The van der Waals surface area contributed by atoms with Gasteiger partial charge in [0.1, 0.15) is 0 Å². The molecule has 0 saturated carbocycles. The fourth-order valence-corrected chi connectivity index (χ4v) is 1.84. The van der Waals surface area contributed by atoms with Crippen molar-refractivity contribution in [1.29, 1.82) is 5.26 Å². The Morgan fingerprint density at radius 1 is 1.69 bits per heavy atom. The lowest BCUT2D eigenvalue weighted by molar-refractivity contribution is 0.128. The second kappa shape index (κ2) is 5.21. The summed E-state index contributed by atoms with van der Waals surface area (Å²) in [5, 5.41) is 17.7. The van der Waals surface area contributed by atoms with Crippen molar-refractivity contribution in [2.24, 2.45) is 5.92 Å². The van der Waals surface area contributed by atoms with Gasteiger partial charge < -0.3 is 10.0 Å². The lowest BCUT2D eigenvalue weighted by Gasteiger charge is -2.16. The highest BCUT2D eigenvalue weighted by molar-refractivity contribution is 4.79. The number of aliphatic hydroxyl groups is 1. The minimum Gasteiger partial charge on any atom is -0.393 e. The van der Waals surface area contributed by atoms with Gasteiger partial charge >= 0.3 is 0 Å². The molecule has 0 aliphatic carbocycles. The molecule has 0 bridgehead atoms. The second-order valence-electron chi connectivity index (χ2n) is 3.85. The lowest BCUT2D eigenvalue weighted by atomic mass is 10.0. The molecule has 2 unspecified atom stereocenters. The van der Waals surface area contributed by atoms with Crippen LogP contribution >= 0.6 is 0 Å². The van der Waals surface area contributed by atoms with Gasteiger partial charge in [-0.3, -0.25) is 0 Å². The van der Waals surface area contributed by atoms with Crippen LogP contribution in [-0.2, 0) is 0 Å². The fraction of sp³-hybridized carbons (Fsp3) is 0.900. The van der Waals surface area contributed by atoms with Crippen molar-refractivity contribution in [1.82, 2.24) is 4.90 Å². The van der Waals surface area contributed by atoms with Crippen molar-refractivity contribution in [2.45, 2.75) is 32.3 Å². The molecule has 74 valence electrons. The smallest absolute Gasteiger partial charge is 0.0622 e. The second-order valence-corrected chi connectivity index (χ2v) is 3.85. The minimum absolute atomic E-state index is 0.180. The molecule has 0 radical (unpaired) electrons. The summed E-state index contributed by atoms with van der Waals surface area (Å²) in [7, 11) is 0. The summed E-state index contributed by atoms with van der Waals surface area (Å²) < 4.78 is 0. The first-order valence-electron chi connectivity index (χ1n) is 5.01. The van der Waals surface area contributed by atoms with Gasteiger partial charge in [0.15, 0.2) is 0 Å². The number of likely N-dealkylation sites (tertiary alicyclic amines) is 1. The molecular formula is C10H18N2O. The van der Waals surface area contributed by atoms with E-state index >= 15 is 0 Å². The fourth-order valence-electron chi connectivity index (χ4n) is 1.84. The lowest BCUT2D eigenvalue weighted by Crippen LogP contribution is -2.25. The third-order valence-corrected chi connectivity index (χ3v) is 2.75. The Bertz CT molecular complexity index is 186. The summed E-state index contributed by atoms with van der Waals surface area (Å²) >= 11 is 0. The molecule has 0 aromatic carbocycles. The van der Waals surface area contributed by atoms with Crippen LogP contribution in [0.15, 0.2) is 0 Å². The number of hydrogen-bond donors (Lipinski definition) is 1. The number of aliphatic hydroxyl groups excluding tert-OH is 1. The van der Waals surface area contributed by atoms with E-state index in [2.05, 4.69) is 11.0 Å². The van der Waals surface area contributed by atoms with Gasteiger partial charge in [0, 0.05) is 13.0 Å². The van der Waals surface area contributed by atoms with Crippen LogP contribution in [0, 0.1) is 17.2 Å². The molecule has 1 saturated heterocycles. The predicted molar refractivity (Wildman–Crippen MR) is 51.1 cm³/mol. The molecule has 1 heterocycles. The van der Waals surface area contributed by atoms with Crippen LogP contribution in [0.2, 0.25) is 0 Å². The largest absolute Gasteiger partial charge is 0.393 e. The Hall–Kier alpha value is -0.590. The first kappa shape index (κ1) is 10.5. The Labute approximate surface area is 80.0 Å². The summed E-state index contributed by atoms with van der Waals surface area (Å²) in [6.07, 6.45) is 2.53. The molecule has 1 aliphatic rings. The molecule has 1 aliphatic heterocycles. The van der Waals surface area contributed by atoms with Crippen LogP contribution in [0.5, 0.6) is 0 Å². The van der Waals surface area contributed by atoms with Gasteiger partial charge in [0.25, 0.3) is 0 Å². The van der Waals surface area contributed by atoms with Crippen LogP contribution in [-0.4, -0.2) is 35.7 Å². The van der Waals surface area contributed by atoms with E-state index in [4.69, 9.17) is 5.26 Å². The zero-order chi connectivity index (χ0) is 9.68. The van der Waals surface area contributed by atoms with E-state index in [1.807, 2.05) is 6.92 Å². The normalized spacial score (nSPS) is 25.8. The van der Waals surface area contributed by atoms with Crippen molar-refractivity contribution < 1.29 is 5.11 Å². The van der Waals surface area contributed by atoms with E-state index in [1.54, 1.807) is 0 Å². The summed E-state index contributed by atoms with van der Waals surface area (Å²) in [6.45, 7) is 4.96. The van der Waals surface area contributed by atoms with Gasteiger partial charge in [-0.2, -0.15) is 5.26 Å². The van der Waals surface area contributed by atoms with Crippen LogP contribution in [0.1, 0.15) is 26.2 Å². The highest BCUT2D eigenvalue weighted by Crippen LogP contribution is 2.19. The number of nitrogens with zero attached hydrogens (tertiary/aromatic N) is 2. The molecule has 1 fully saturated rings. The number of rotatable bonds is 4. The molecule has 13 heavy (non-hydrogen) atoms. The zero-order valence-corrected chi connectivity index (χ0v) is 8.24. The minimum atomic E-state index is -0.180. The van der Waals surface area contributed by atoms with E-state index in [1.165, 1.54) is 0 Å². The third kappa shape index (κ3) is 3.33. The molecule has 0 spiro atoms. The highest BCUT2D eigenvalue weighted by atomic mass is 16.3. The average Bonchev–Trinajstić information content (AvgIpc) is 2.53. The molecule has 0 amide bonds. The van der Waals surface area contributed by atoms with E-state index in [0.29, 0.717) is 12.3 Å². The maximum atomic E-state index is 9.36. The average molecular weight is 182 g/mol. The topological polar surface area (TPSA) is 47.3 Å². The third-order valence-electron chi connectivity index (χ3n) is 2.75. The predicted octanol–water partition coefficient (Wildman–Crippen LogP) is 0.993. The first-order valence-corrected chi connectivity index (χ1v) is 5.01. The molecule has 0 aromatic rings. The van der Waals surface area contributed by atoms with Crippen molar-refractivity contribution in [3.63, 3.8) is 0 Å². The molecule has 3 nitrogen and oxygen atoms in total. The molecule has 1 rings (SSSR count). The maximum Gasteiger partial charge on any atom is 0.0622 e. The monoisotopic (exact) mass is 182 g/mol. The quantitative estimate of drug-likeness (QED) is 0.660. The van der Waals surface area contributed by atoms with Gasteiger partial charge in [-0.15, -0.1) is 0 Å². The van der Waals surface area contributed by atoms with E-state index in [0.717, 1.165) is 32.5 Å². The molecule has 2 atom stereocenters. The van der Waals surface area contributed by atoms with E-state index in [-0.39, 0.29) is 6.10 Å². The molecule has 0 aromatic heterocycles. The summed E-state index contributed by atoms with van der Waals surface area (Å²) in [5.74, 6) is 0.446. The van der Waals surface area contributed by atoms with Crippen LogP contribution in [0.3, 0.4) is 0 Å². The Morgan fingerprint density at radius 3 is 3.00 bits per heavy atom. The first-order chi connectivity index (χ1) is 6.24. The summed E-state index contributed by atoms with van der Waals surface area (Å²) in [5.41, 5.74) is 0. The number of nitriles is 1. The van der Waals surface area contributed by atoms with Crippen molar-refractivity contribution >= 4 is 0 Å². The summed E-state index contributed by atoms with van der Waals surface area (Å²) in [6, 6.07) is 2.15. The van der Waals surface area contributed by atoms with Crippen molar-refractivity contribution in [2.75, 3.05) is 19.6 Å². The number of unbranched alkanes of at least 4 members (excludes halogenated alkanes) is 1. The molecule has 1 N–H and O–H groups in total. The maximum absolute atomic E-state index is 9.36. The van der Waals surface area contributed by atoms with Crippen molar-refractivity contribution in [3.05, 3.63) is 0 Å². The highest BCUT2D eigenvalue weighted by Gasteiger charge is 2.25. The molecule has 3 heteroatoms. The van der Waals surface area contributed by atoms with Crippen LogP contribution < -0.4 is 0 Å². The van der Waals surface area contributed by atoms with Gasteiger partial charge in [0.05, 0.1) is 12.2 Å². The SMILES string of the molecule is CC(O)C1CCN(CCCC#N)C1.